The highest BCUT2D eigenvalue weighted by Gasteiger charge is 2.26. The molecule has 0 fully saturated rings. The first kappa shape index (κ1) is 26.2. The maximum atomic E-state index is 13.2. The van der Waals surface area contributed by atoms with Gasteiger partial charge in [-0.1, -0.05) is 13.0 Å². The first-order chi connectivity index (χ1) is 17.8. The molecule has 3 aromatic carbocycles. The fraction of sp³-hybridized carbons (Fsp3) is 0.259. The van der Waals surface area contributed by atoms with Crippen LogP contribution in [0.5, 0.6) is 11.5 Å². The minimum atomic E-state index is -3.86. The smallest absolute Gasteiger partial charge is 0.258 e. The highest BCUT2D eigenvalue weighted by molar-refractivity contribution is 7.89. The molecule has 0 aliphatic carbocycles. The summed E-state index contributed by atoms with van der Waals surface area (Å²) in [6, 6.07) is 16.6. The molecule has 3 aromatic rings. The molecule has 0 unspecified atom stereocenters. The van der Waals surface area contributed by atoms with Crippen LogP contribution in [0.4, 0.5) is 11.4 Å². The second-order valence-corrected chi connectivity index (χ2v) is 10.2. The van der Waals surface area contributed by atoms with E-state index in [9.17, 15) is 18.0 Å². The lowest BCUT2D eigenvalue weighted by Crippen LogP contribution is -2.28. The molecule has 37 heavy (non-hydrogen) atoms. The van der Waals surface area contributed by atoms with E-state index in [1.54, 1.807) is 48.4 Å². The van der Waals surface area contributed by atoms with Crippen molar-refractivity contribution >= 4 is 33.2 Å². The molecule has 2 amide bonds. The van der Waals surface area contributed by atoms with Gasteiger partial charge < -0.3 is 19.7 Å². The molecule has 0 radical (unpaired) electrons. The summed E-state index contributed by atoms with van der Waals surface area (Å²) >= 11 is 0. The first-order valence-corrected chi connectivity index (χ1v) is 13.3. The van der Waals surface area contributed by atoms with Crippen molar-refractivity contribution in [1.82, 2.24) is 4.72 Å². The van der Waals surface area contributed by atoms with Gasteiger partial charge >= 0.3 is 0 Å². The molecule has 2 N–H and O–H groups in total. The van der Waals surface area contributed by atoms with Crippen LogP contribution in [0.2, 0.25) is 0 Å². The molecule has 1 heterocycles. The number of hydrogen-bond donors (Lipinski definition) is 2. The lowest BCUT2D eigenvalue weighted by atomic mass is 10.1. The SMILES string of the molecule is CCCNS(=O)(=O)c1cc(C(=O)Nc2ccc3c(c2)N(C(=O)c2ccc(OC)cc2)CC3)ccc1OC. The summed E-state index contributed by atoms with van der Waals surface area (Å²) in [7, 11) is -0.916. The van der Waals surface area contributed by atoms with Gasteiger partial charge in [-0.15, -0.1) is 0 Å². The number of nitrogens with one attached hydrogen (secondary N) is 2. The Labute approximate surface area is 216 Å². The molecule has 10 heteroatoms. The Morgan fingerprint density at radius 2 is 1.68 bits per heavy atom. The second-order valence-electron chi connectivity index (χ2n) is 8.50. The number of rotatable bonds is 9. The minimum Gasteiger partial charge on any atom is -0.497 e. The summed E-state index contributed by atoms with van der Waals surface area (Å²) < 4.78 is 38.3. The van der Waals surface area contributed by atoms with Crippen molar-refractivity contribution in [2.24, 2.45) is 0 Å². The van der Waals surface area contributed by atoms with Crippen LogP contribution in [0.3, 0.4) is 0 Å². The number of nitrogens with zero attached hydrogens (tertiary/aromatic N) is 1. The van der Waals surface area contributed by atoms with E-state index >= 15 is 0 Å². The van der Waals surface area contributed by atoms with Gasteiger partial charge in [0.1, 0.15) is 16.4 Å². The maximum Gasteiger partial charge on any atom is 0.258 e. The third kappa shape index (κ3) is 5.60. The van der Waals surface area contributed by atoms with E-state index in [2.05, 4.69) is 10.0 Å². The summed E-state index contributed by atoms with van der Waals surface area (Å²) in [5.74, 6) is 0.180. The standard InChI is InChI=1S/C27H29N3O6S/c1-4-14-28-37(33,34)25-16-20(8-12-24(25)36-3)26(31)29-21-9-5-18-13-15-30(23(18)17-21)27(32)19-6-10-22(35-2)11-7-19/h5-12,16-17,28H,4,13-15H2,1-3H3,(H,29,31). The molecule has 0 spiro atoms. The summed E-state index contributed by atoms with van der Waals surface area (Å²) in [5.41, 5.74) is 2.90. The number of amides is 2. The van der Waals surface area contributed by atoms with Gasteiger partial charge in [-0.05, 0) is 73.0 Å². The van der Waals surface area contributed by atoms with Crippen molar-refractivity contribution in [2.45, 2.75) is 24.7 Å². The highest BCUT2D eigenvalue weighted by Crippen LogP contribution is 2.33. The normalized spacial score (nSPS) is 12.7. The van der Waals surface area contributed by atoms with Crippen LogP contribution in [-0.4, -0.2) is 47.5 Å². The molecule has 1 aliphatic heterocycles. The average Bonchev–Trinajstić information content (AvgIpc) is 3.34. The first-order valence-electron chi connectivity index (χ1n) is 11.8. The topological polar surface area (TPSA) is 114 Å². The number of anilines is 2. The Balaban J connectivity index is 1.56. The number of benzene rings is 3. The maximum absolute atomic E-state index is 13.2. The summed E-state index contributed by atoms with van der Waals surface area (Å²) in [5, 5.41) is 2.81. The van der Waals surface area contributed by atoms with Gasteiger partial charge in [0.05, 0.1) is 14.2 Å². The van der Waals surface area contributed by atoms with Crippen molar-refractivity contribution in [2.75, 3.05) is 37.5 Å². The van der Waals surface area contributed by atoms with Crippen LogP contribution in [0.15, 0.2) is 65.6 Å². The number of methoxy groups -OCH3 is 2. The lowest BCUT2D eigenvalue weighted by Gasteiger charge is -2.18. The quantitative estimate of drug-likeness (QED) is 0.441. The number of ether oxygens (including phenoxy) is 2. The minimum absolute atomic E-state index is 0.110. The van der Waals surface area contributed by atoms with Crippen molar-refractivity contribution in [3.8, 4) is 11.5 Å². The van der Waals surface area contributed by atoms with Gasteiger partial charge in [0.2, 0.25) is 10.0 Å². The van der Waals surface area contributed by atoms with E-state index in [4.69, 9.17) is 9.47 Å². The molecule has 0 saturated carbocycles. The van der Waals surface area contributed by atoms with Crippen LogP contribution in [0.25, 0.3) is 0 Å². The van der Waals surface area contributed by atoms with Crippen LogP contribution in [0, 0.1) is 0 Å². The molecule has 4 rings (SSSR count). The molecular formula is C27H29N3O6S. The van der Waals surface area contributed by atoms with Crippen LogP contribution in [-0.2, 0) is 16.4 Å². The van der Waals surface area contributed by atoms with E-state index < -0.39 is 15.9 Å². The Bertz CT molecular complexity index is 1420. The van der Waals surface area contributed by atoms with Gasteiger partial charge in [0.15, 0.2) is 0 Å². The Hall–Kier alpha value is -3.89. The second kappa shape index (κ2) is 11.0. The molecule has 0 bridgehead atoms. The van der Waals surface area contributed by atoms with Gasteiger partial charge in [-0.3, -0.25) is 9.59 Å². The zero-order valence-electron chi connectivity index (χ0n) is 20.9. The van der Waals surface area contributed by atoms with Crippen molar-refractivity contribution in [3.05, 3.63) is 77.4 Å². The third-order valence-electron chi connectivity index (χ3n) is 6.08. The van der Waals surface area contributed by atoms with Gasteiger partial charge in [0.25, 0.3) is 11.8 Å². The molecule has 0 saturated heterocycles. The van der Waals surface area contributed by atoms with Gasteiger partial charge in [-0.25, -0.2) is 13.1 Å². The van der Waals surface area contributed by atoms with Gasteiger partial charge in [0, 0.05) is 35.6 Å². The number of sulfonamides is 1. The van der Waals surface area contributed by atoms with Crippen molar-refractivity contribution in [1.29, 1.82) is 0 Å². The molecule has 0 aromatic heterocycles. The number of hydrogen-bond acceptors (Lipinski definition) is 6. The van der Waals surface area contributed by atoms with E-state index in [1.165, 1.54) is 25.3 Å². The molecule has 9 nitrogen and oxygen atoms in total. The van der Waals surface area contributed by atoms with Crippen molar-refractivity contribution in [3.63, 3.8) is 0 Å². The molecule has 1 aliphatic rings. The Morgan fingerprint density at radius 1 is 0.946 bits per heavy atom. The van der Waals surface area contributed by atoms with Crippen molar-refractivity contribution < 1.29 is 27.5 Å². The fourth-order valence-corrected chi connectivity index (χ4v) is 5.43. The number of fused-ring (bicyclic) bond motifs is 1. The summed E-state index contributed by atoms with van der Waals surface area (Å²) in [6.45, 7) is 2.65. The largest absolute Gasteiger partial charge is 0.497 e. The van der Waals surface area contributed by atoms with E-state index in [0.29, 0.717) is 36.4 Å². The third-order valence-corrected chi connectivity index (χ3v) is 7.56. The predicted octanol–water partition coefficient (Wildman–Crippen LogP) is 3.85. The summed E-state index contributed by atoms with van der Waals surface area (Å²) in [6.07, 6.45) is 1.33. The summed E-state index contributed by atoms with van der Waals surface area (Å²) in [4.78, 5) is 27.8. The molecule has 0 atom stereocenters. The monoisotopic (exact) mass is 523 g/mol. The Morgan fingerprint density at radius 3 is 2.35 bits per heavy atom. The molecule has 194 valence electrons. The lowest BCUT2D eigenvalue weighted by molar-refractivity contribution is 0.0988. The predicted molar refractivity (Wildman–Crippen MR) is 141 cm³/mol. The Kier molecular flexibility index (Phi) is 7.80. The number of carbonyl (C=O) groups excluding carboxylic acids is 2. The zero-order chi connectivity index (χ0) is 26.6. The van der Waals surface area contributed by atoms with Crippen LogP contribution >= 0.6 is 0 Å². The van der Waals surface area contributed by atoms with Crippen LogP contribution < -0.4 is 24.4 Å². The van der Waals surface area contributed by atoms with E-state index in [-0.39, 0.29) is 28.7 Å². The number of carbonyl (C=O) groups is 2. The van der Waals surface area contributed by atoms with Crippen LogP contribution in [0.1, 0.15) is 39.6 Å². The fourth-order valence-electron chi connectivity index (χ4n) is 4.10. The van der Waals surface area contributed by atoms with E-state index in [0.717, 1.165) is 11.3 Å². The average molecular weight is 524 g/mol. The highest BCUT2D eigenvalue weighted by atomic mass is 32.2. The molecular weight excluding hydrogens is 494 g/mol. The zero-order valence-corrected chi connectivity index (χ0v) is 21.7. The van der Waals surface area contributed by atoms with E-state index in [1.807, 2.05) is 13.0 Å². The van der Waals surface area contributed by atoms with Gasteiger partial charge in [-0.2, -0.15) is 0 Å².